The van der Waals surface area contributed by atoms with Gasteiger partial charge in [0.15, 0.2) is 0 Å². The molecule has 0 spiro atoms. The van der Waals surface area contributed by atoms with Crippen LogP contribution in [-0.2, 0) is 6.42 Å². The number of hydrogen-bond donors (Lipinski definition) is 2. The van der Waals surface area contributed by atoms with Gasteiger partial charge in [0.1, 0.15) is 5.76 Å². The third kappa shape index (κ3) is 2.83. The summed E-state index contributed by atoms with van der Waals surface area (Å²) in [5.74, 6) is 1.01. The molecule has 2 atom stereocenters. The minimum Gasteiger partial charge on any atom is -0.469 e. The summed E-state index contributed by atoms with van der Waals surface area (Å²) in [5, 5.41) is 10.2. The molecule has 0 aromatic carbocycles. The number of aliphatic hydroxyl groups excluding tert-OH is 1. The summed E-state index contributed by atoms with van der Waals surface area (Å²) in [5.41, 5.74) is 6.57. The third-order valence-electron chi connectivity index (χ3n) is 2.83. The van der Waals surface area contributed by atoms with E-state index in [1.807, 2.05) is 13.0 Å². The lowest BCUT2D eigenvalue weighted by Crippen LogP contribution is -2.22. The molecule has 3 nitrogen and oxygen atoms in total. The first-order valence-electron chi connectivity index (χ1n) is 5.68. The average molecular weight is 211 g/mol. The first-order valence-corrected chi connectivity index (χ1v) is 5.68. The summed E-state index contributed by atoms with van der Waals surface area (Å²) in [7, 11) is 0. The van der Waals surface area contributed by atoms with Gasteiger partial charge < -0.3 is 15.3 Å². The van der Waals surface area contributed by atoms with Crippen molar-refractivity contribution in [2.75, 3.05) is 6.54 Å². The SMILES string of the molecule is CCCC(CN)C(O)c1ccoc1CC. The lowest BCUT2D eigenvalue weighted by Gasteiger charge is -2.20. The zero-order chi connectivity index (χ0) is 11.3. The number of aliphatic hydroxyl groups is 1. The maximum absolute atomic E-state index is 10.2. The molecule has 3 heteroatoms. The molecule has 0 radical (unpaired) electrons. The van der Waals surface area contributed by atoms with Crippen LogP contribution in [0.1, 0.15) is 44.1 Å². The van der Waals surface area contributed by atoms with E-state index in [4.69, 9.17) is 10.2 Å². The van der Waals surface area contributed by atoms with E-state index in [-0.39, 0.29) is 5.92 Å². The Labute approximate surface area is 91.3 Å². The zero-order valence-electron chi connectivity index (χ0n) is 9.57. The number of hydrogen-bond acceptors (Lipinski definition) is 3. The van der Waals surface area contributed by atoms with Crippen LogP contribution >= 0.6 is 0 Å². The van der Waals surface area contributed by atoms with Gasteiger partial charge in [-0.15, -0.1) is 0 Å². The van der Waals surface area contributed by atoms with E-state index >= 15 is 0 Å². The molecule has 0 aliphatic rings. The van der Waals surface area contributed by atoms with Gasteiger partial charge in [-0.05, 0) is 19.0 Å². The summed E-state index contributed by atoms with van der Waals surface area (Å²) in [6.07, 6.45) is 3.95. The van der Waals surface area contributed by atoms with Crippen molar-refractivity contribution in [3.8, 4) is 0 Å². The lowest BCUT2D eigenvalue weighted by atomic mass is 9.92. The predicted octanol–water partition coefficient (Wildman–Crippen LogP) is 2.25. The van der Waals surface area contributed by atoms with Crippen LogP contribution in [0.15, 0.2) is 16.7 Å². The van der Waals surface area contributed by atoms with E-state index < -0.39 is 6.10 Å². The van der Waals surface area contributed by atoms with Crippen LogP contribution in [0, 0.1) is 5.92 Å². The fraction of sp³-hybridized carbons (Fsp3) is 0.667. The second-order valence-electron chi connectivity index (χ2n) is 3.88. The van der Waals surface area contributed by atoms with Crippen LogP contribution in [0.25, 0.3) is 0 Å². The molecule has 0 bridgehead atoms. The van der Waals surface area contributed by atoms with E-state index in [1.165, 1.54) is 0 Å². The molecule has 0 aliphatic heterocycles. The van der Waals surface area contributed by atoms with Gasteiger partial charge in [0, 0.05) is 17.9 Å². The molecule has 2 unspecified atom stereocenters. The Hall–Kier alpha value is -0.800. The van der Waals surface area contributed by atoms with Gasteiger partial charge in [0.25, 0.3) is 0 Å². The first kappa shape index (κ1) is 12.3. The zero-order valence-corrected chi connectivity index (χ0v) is 9.57. The van der Waals surface area contributed by atoms with Crippen LogP contribution in [-0.4, -0.2) is 11.7 Å². The smallest absolute Gasteiger partial charge is 0.109 e. The molecule has 86 valence electrons. The van der Waals surface area contributed by atoms with Gasteiger partial charge in [0.05, 0.1) is 12.4 Å². The quantitative estimate of drug-likeness (QED) is 0.758. The Balaban J connectivity index is 2.77. The van der Waals surface area contributed by atoms with Crippen molar-refractivity contribution < 1.29 is 9.52 Å². The van der Waals surface area contributed by atoms with Gasteiger partial charge in [-0.2, -0.15) is 0 Å². The maximum Gasteiger partial charge on any atom is 0.109 e. The van der Waals surface area contributed by atoms with Crippen LogP contribution in [0.3, 0.4) is 0 Å². The van der Waals surface area contributed by atoms with Crippen LogP contribution in [0.5, 0.6) is 0 Å². The Morgan fingerprint density at radius 1 is 1.47 bits per heavy atom. The number of aryl methyl sites for hydroxylation is 1. The molecule has 1 rings (SSSR count). The van der Waals surface area contributed by atoms with Gasteiger partial charge in [-0.25, -0.2) is 0 Å². The first-order chi connectivity index (χ1) is 7.24. The van der Waals surface area contributed by atoms with Gasteiger partial charge in [-0.1, -0.05) is 20.3 Å². The molecule has 1 aromatic rings. The maximum atomic E-state index is 10.2. The standard InChI is InChI=1S/C12H21NO2/c1-3-5-9(8-13)12(14)10-6-7-15-11(10)4-2/h6-7,9,12,14H,3-5,8,13H2,1-2H3. The highest BCUT2D eigenvalue weighted by Crippen LogP contribution is 2.28. The summed E-state index contributed by atoms with van der Waals surface area (Å²) >= 11 is 0. The molecule has 0 amide bonds. The molecular weight excluding hydrogens is 190 g/mol. The molecule has 3 N–H and O–H groups in total. The topological polar surface area (TPSA) is 59.4 Å². The average Bonchev–Trinajstić information content (AvgIpc) is 2.72. The van der Waals surface area contributed by atoms with Crippen molar-refractivity contribution in [2.24, 2.45) is 11.7 Å². The summed E-state index contributed by atoms with van der Waals surface area (Å²) in [6.45, 7) is 4.64. The minimum absolute atomic E-state index is 0.137. The molecule has 0 saturated heterocycles. The molecular formula is C12H21NO2. The fourth-order valence-electron chi connectivity index (χ4n) is 1.93. The van der Waals surface area contributed by atoms with Crippen molar-refractivity contribution in [1.82, 2.24) is 0 Å². The second kappa shape index (κ2) is 5.93. The summed E-state index contributed by atoms with van der Waals surface area (Å²) in [6, 6.07) is 1.85. The molecule has 0 aliphatic carbocycles. The van der Waals surface area contributed by atoms with E-state index in [0.717, 1.165) is 30.6 Å². The number of rotatable bonds is 6. The Morgan fingerprint density at radius 2 is 2.20 bits per heavy atom. The van der Waals surface area contributed by atoms with Gasteiger partial charge >= 0.3 is 0 Å². The van der Waals surface area contributed by atoms with Crippen LogP contribution < -0.4 is 5.73 Å². The molecule has 0 saturated carbocycles. The third-order valence-corrected chi connectivity index (χ3v) is 2.83. The number of furan rings is 1. The summed E-state index contributed by atoms with van der Waals surface area (Å²) < 4.78 is 5.31. The van der Waals surface area contributed by atoms with E-state index in [9.17, 15) is 5.11 Å². The van der Waals surface area contributed by atoms with Crippen molar-refractivity contribution in [1.29, 1.82) is 0 Å². The lowest BCUT2D eigenvalue weighted by molar-refractivity contribution is 0.105. The Kier molecular flexibility index (Phi) is 4.85. The molecule has 0 fully saturated rings. The monoisotopic (exact) mass is 211 g/mol. The highest BCUT2D eigenvalue weighted by atomic mass is 16.3. The van der Waals surface area contributed by atoms with Crippen molar-refractivity contribution in [3.63, 3.8) is 0 Å². The van der Waals surface area contributed by atoms with E-state index in [2.05, 4.69) is 6.92 Å². The normalized spacial score (nSPS) is 15.2. The van der Waals surface area contributed by atoms with Crippen molar-refractivity contribution in [2.45, 2.75) is 39.2 Å². The Bertz CT molecular complexity index is 283. The molecule has 15 heavy (non-hydrogen) atoms. The van der Waals surface area contributed by atoms with Gasteiger partial charge in [0.2, 0.25) is 0 Å². The molecule has 1 heterocycles. The van der Waals surface area contributed by atoms with Crippen molar-refractivity contribution in [3.05, 3.63) is 23.7 Å². The van der Waals surface area contributed by atoms with E-state index in [1.54, 1.807) is 6.26 Å². The van der Waals surface area contributed by atoms with Crippen LogP contribution in [0.2, 0.25) is 0 Å². The van der Waals surface area contributed by atoms with Gasteiger partial charge in [-0.3, -0.25) is 0 Å². The predicted molar refractivity (Wildman–Crippen MR) is 60.5 cm³/mol. The van der Waals surface area contributed by atoms with Crippen molar-refractivity contribution >= 4 is 0 Å². The largest absolute Gasteiger partial charge is 0.469 e. The second-order valence-corrected chi connectivity index (χ2v) is 3.88. The van der Waals surface area contributed by atoms with E-state index in [0.29, 0.717) is 6.54 Å². The fourth-order valence-corrected chi connectivity index (χ4v) is 1.93. The summed E-state index contributed by atoms with van der Waals surface area (Å²) in [4.78, 5) is 0. The van der Waals surface area contributed by atoms with Crippen LogP contribution in [0.4, 0.5) is 0 Å². The minimum atomic E-state index is -0.483. The highest BCUT2D eigenvalue weighted by Gasteiger charge is 2.22. The highest BCUT2D eigenvalue weighted by molar-refractivity contribution is 5.20. The number of nitrogens with two attached hydrogens (primary N) is 1. The Morgan fingerprint density at radius 3 is 2.73 bits per heavy atom. The molecule has 1 aromatic heterocycles.